The molecular weight excluding hydrogens is 166 g/mol. The molecule has 0 bridgehead atoms. The van der Waals surface area contributed by atoms with Gasteiger partial charge in [-0.15, -0.1) is 0 Å². The molecule has 3 nitrogen and oxygen atoms in total. The highest BCUT2D eigenvalue weighted by Gasteiger charge is 2.15. The van der Waals surface area contributed by atoms with Crippen molar-refractivity contribution < 1.29 is 9.90 Å². The van der Waals surface area contributed by atoms with Gasteiger partial charge in [0.2, 0.25) is 0 Å². The molecular formula is C10H21NO2. The van der Waals surface area contributed by atoms with E-state index in [9.17, 15) is 4.79 Å². The second-order valence-corrected chi connectivity index (χ2v) is 3.56. The topological polar surface area (TPSA) is 40.5 Å². The van der Waals surface area contributed by atoms with E-state index in [0.29, 0.717) is 0 Å². The maximum atomic E-state index is 10.6. The Hall–Kier alpha value is -0.570. The molecule has 1 atom stereocenters. The smallest absolute Gasteiger partial charge is 0.320 e. The van der Waals surface area contributed by atoms with E-state index in [4.69, 9.17) is 5.11 Å². The van der Waals surface area contributed by atoms with Gasteiger partial charge in [0.25, 0.3) is 0 Å². The number of rotatable bonds is 7. The number of hydrogen-bond acceptors (Lipinski definition) is 2. The molecule has 0 heterocycles. The highest BCUT2D eigenvalue weighted by molar-refractivity contribution is 5.72. The minimum atomic E-state index is -0.738. The molecule has 13 heavy (non-hydrogen) atoms. The molecule has 0 radical (unpaired) electrons. The molecule has 1 unspecified atom stereocenters. The van der Waals surface area contributed by atoms with Crippen LogP contribution in [-0.2, 0) is 4.79 Å². The first-order chi connectivity index (χ1) is 6.09. The van der Waals surface area contributed by atoms with E-state index in [2.05, 4.69) is 6.92 Å². The minimum Gasteiger partial charge on any atom is -0.480 e. The summed E-state index contributed by atoms with van der Waals surface area (Å²) in [5.74, 6) is -0.738. The van der Waals surface area contributed by atoms with Gasteiger partial charge in [-0.25, -0.2) is 0 Å². The Morgan fingerprint density at radius 3 is 2.46 bits per heavy atom. The van der Waals surface area contributed by atoms with Crippen LogP contribution in [0.4, 0.5) is 0 Å². The number of likely N-dealkylation sites (N-methyl/N-ethyl adjacent to an activating group) is 1. The molecule has 0 aromatic heterocycles. The van der Waals surface area contributed by atoms with Crippen molar-refractivity contribution in [2.45, 2.75) is 45.6 Å². The third-order valence-corrected chi connectivity index (χ3v) is 2.38. The lowest BCUT2D eigenvalue weighted by atomic mass is 10.2. The first-order valence-electron chi connectivity index (χ1n) is 5.02. The molecule has 0 amide bonds. The third-order valence-electron chi connectivity index (χ3n) is 2.38. The summed E-state index contributed by atoms with van der Waals surface area (Å²) in [5, 5.41) is 8.71. The van der Waals surface area contributed by atoms with Gasteiger partial charge in [0.05, 0.1) is 0 Å². The summed E-state index contributed by atoms with van der Waals surface area (Å²) in [6.07, 6.45) is 4.77. The van der Waals surface area contributed by atoms with Crippen molar-refractivity contribution in [3.63, 3.8) is 0 Å². The Kier molecular flexibility index (Phi) is 6.59. The molecule has 0 saturated heterocycles. The van der Waals surface area contributed by atoms with Crippen LogP contribution in [0.2, 0.25) is 0 Å². The van der Waals surface area contributed by atoms with Gasteiger partial charge in [-0.05, 0) is 26.9 Å². The minimum absolute atomic E-state index is 0.360. The largest absolute Gasteiger partial charge is 0.480 e. The predicted molar refractivity (Wildman–Crippen MR) is 53.9 cm³/mol. The van der Waals surface area contributed by atoms with Crippen molar-refractivity contribution in [1.82, 2.24) is 4.90 Å². The number of carbonyl (C=O) groups is 1. The van der Waals surface area contributed by atoms with Gasteiger partial charge in [-0.3, -0.25) is 9.69 Å². The van der Waals surface area contributed by atoms with E-state index in [1.165, 1.54) is 19.3 Å². The van der Waals surface area contributed by atoms with Crippen LogP contribution in [0.3, 0.4) is 0 Å². The van der Waals surface area contributed by atoms with Crippen LogP contribution in [0.25, 0.3) is 0 Å². The van der Waals surface area contributed by atoms with Gasteiger partial charge in [-0.1, -0.05) is 26.2 Å². The van der Waals surface area contributed by atoms with E-state index >= 15 is 0 Å². The van der Waals surface area contributed by atoms with Gasteiger partial charge >= 0.3 is 5.97 Å². The van der Waals surface area contributed by atoms with Crippen LogP contribution in [0.5, 0.6) is 0 Å². The van der Waals surface area contributed by atoms with Gasteiger partial charge < -0.3 is 5.11 Å². The molecule has 0 aliphatic heterocycles. The van der Waals surface area contributed by atoms with Crippen LogP contribution in [0.15, 0.2) is 0 Å². The lowest BCUT2D eigenvalue weighted by Gasteiger charge is -2.20. The van der Waals surface area contributed by atoms with Crippen LogP contribution >= 0.6 is 0 Å². The fraction of sp³-hybridized carbons (Fsp3) is 0.900. The summed E-state index contributed by atoms with van der Waals surface area (Å²) in [7, 11) is 1.87. The third kappa shape index (κ3) is 5.64. The summed E-state index contributed by atoms with van der Waals surface area (Å²) < 4.78 is 0. The van der Waals surface area contributed by atoms with E-state index in [1.807, 2.05) is 11.9 Å². The van der Waals surface area contributed by atoms with Crippen molar-refractivity contribution in [2.24, 2.45) is 0 Å². The maximum absolute atomic E-state index is 10.6. The molecule has 0 aliphatic rings. The highest BCUT2D eigenvalue weighted by Crippen LogP contribution is 2.02. The zero-order valence-corrected chi connectivity index (χ0v) is 8.92. The van der Waals surface area contributed by atoms with Gasteiger partial charge in [0.15, 0.2) is 0 Å². The average molecular weight is 187 g/mol. The Bertz CT molecular complexity index is 148. The molecule has 0 spiro atoms. The summed E-state index contributed by atoms with van der Waals surface area (Å²) >= 11 is 0. The second kappa shape index (κ2) is 6.89. The maximum Gasteiger partial charge on any atom is 0.320 e. The fourth-order valence-corrected chi connectivity index (χ4v) is 1.17. The number of hydrogen-bond donors (Lipinski definition) is 1. The van der Waals surface area contributed by atoms with Crippen LogP contribution < -0.4 is 0 Å². The normalized spacial score (nSPS) is 13.2. The van der Waals surface area contributed by atoms with E-state index in [-0.39, 0.29) is 6.04 Å². The van der Waals surface area contributed by atoms with Crippen molar-refractivity contribution in [1.29, 1.82) is 0 Å². The first kappa shape index (κ1) is 12.4. The Labute approximate surface area is 80.7 Å². The average Bonchev–Trinajstić information content (AvgIpc) is 2.10. The van der Waals surface area contributed by atoms with Crippen LogP contribution in [0.1, 0.15) is 39.5 Å². The second-order valence-electron chi connectivity index (χ2n) is 3.56. The summed E-state index contributed by atoms with van der Waals surface area (Å²) in [6, 6.07) is -0.360. The molecule has 1 N–H and O–H groups in total. The molecule has 0 saturated carbocycles. The first-order valence-corrected chi connectivity index (χ1v) is 5.02. The summed E-state index contributed by atoms with van der Waals surface area (Å²) in [4.78, 5) is 12.5. The van der Waals surface area contributed by atoms with Crippen molar-refractivity contribution in [2.75, 3.05) is 13.6 Å². The fourth-order valence-electron chi connectivity index (χ4n) is 1.17. The predicted octanol–water partition coefficient (Wildman–Crippen LogP) is 1.97. The SMILES string of the molecule is CCCCCCN(C)C(C)C(=O)O. The van der Waals surface area contributed by atoms with Crippen LogP contribution in [-0.4, -0.2) is 35.6 Å². The van der Waals surface area contributed by atoms with E-state index in [0.717, 1.165) is 13.0 Å². The zero-order valence-electron chi connectivity index (χ0n) is 8.92. The number of nitrogens with zero attached hydrogens (tertiary/aromatic N) is 1. The molecule has 0 aromatic carbocycles. The summed E-state index contributed by atoms with van der Waals surface area (Å²) in [6.45, 7) is 4.78. The summed E-state index contributed by atoms with van der Waals surface area (Å²) in [5.41, 5.74) is 0. The molecule has 0 fully saturated rings. The molecule has 0 rings (SSSR count). The van der Waals surface area contributed by atoms with E-state index in [1.54, 1.807) is 6.92 Å². The highest BCUT2D eigenvalue weighted by atomic mass is 16.4. The lowest BCUT2D eigenvalue weighted by molar-refractivity contribution is -0.142. The monoisotopic (exact) mass is 187 g/mol. The number of carboxylic acids is 1. The zero-order chi connectivity index (χ0) is 10.3. The van der Waals surface area contributed by atoms with Crippen LogP contribution in [0, 0.1) is 0 Å². The number of unbranched alkanes of at least 4 members (excludes halogenated alkanes) is 3. The van der Waals surface area contributed by atoms with Crippen molar-refractivity contribution in [3.05, 3.63) is 0 Å². The van der Waals surface area contributed by atoms with Gasteiger partial charge in [0.1, 0.15) is 6.04 Å². The molecule has 0 aliphatic carbocycles. The quantitative estimate of drug-likeness (QED) is 0.619. The van der Waals surface area contributed by atoms with Gasteiger partial charge in [0, 0.05) is 0 Å². The molecule has 0 aromatic rings. The molecule has 3 heteroatoms. The van der Waals surface area contributed by atoms with Crippen molar-refractivity contribution in [3.8, 4) is 0 Å². The Balaban J connectivity index is 3.50. The number of aliphatic carboxylic acids is 1. The number of carboxylic acid groups (broad SMARTS) is 1. The van der Waals surface area contributed by atoms with Crippen molar-refractivity contribution >= 4 is 5.97 Å². The Morgan fingerprint density at radius 1 is 1.38 bits per heavy atom. The van der Waals surface area contributed by atoms with E-state index < -0.39 is 5.97 Å². The standard InChI is InChI=1S/C10H21NO2/c1-4-5-6-7-8-11(3)9(2)10(12)13/h9H,4-8H2,1-3H3,(H,12,13). The molecule has 78 valence electrons. The Morgan fingerprint density at radius 2 is 2.00 bits per heavy atom. The lowest BCUT2D eigenvalue weighted by Crippen LogP contribution is -2.36. The van der Waals surface area contributed by atoms with Gasteiger partial charge in [-0.2, -0.15) is 0 Å².